The van der Waals surface area contributed by atoms with Crippen molar-refractivity contribution < 1.29 is 8.60 Å². The summed E-state index contributed by atoms with van der Waals surface area (Å²) in [7, 11) is -1.17. The first-order valence-electron chi connectivity index (χ1n) is 5.64. The van der Waals surface area contributed by atoms with Crippen LogP contribution >= 0.6 is 11.3 Å². The molecule has 0 amide bonds. The van der Waals surface area contributed by atoms with Crippen LogP contribution in [0.2, 0.25) is 0 Å². The van der Waals surface area contributed by atoms with Crippen LogP contribution in [0.1, 0.15) is 30.5 Å². The summed E-state index contributed by atoms with van der Waals surface area (Å²) < 4.78 is 24.8. The summed E-state index contributed by atoms with van der Waals surface area (Å²) in [6.45, 7) is 4.17. The molecule has 0 aliphatic rings. The average molecular weight is 283 g/mol. The number of nitrogens with zero attached hydrogens (tertiary/aromatic N) is 1. The number of hydrogen-bond acceptors (Lipinski definition) is 3. The van der Waals surface area contributed by atoms with E-state index >= 15 is 0 Å². The lowest BCUT2D eigenvalue weighted by Crippen LogP contribution is -1.97. The molecule has 2 aromatic rings. The van der Waals surface area contributed by atoms with Crippen LogP contribution in [0.5, 0.6) is 0 Å². The zero-order chi connectivity index (χ0) is 13.1. The summed E-state index contributed by atoms with van der Waals surface area (Å²) in [5.41, 5.74) is 0.839. The third-order valence-corrected chi connectivity index (χ3v) is 4.97. The maximum atomic E-state index is 12.8. The monoisotopic (exact) mass is 283 g/mol. The van der Waals surface area contributed by atoms with Gasteiger partial charge >= 0.3 is 0 Å². The van der Waals surface area contributed by atoms with Crippen molar-refractivity contribution in [3.05, 3.63) is 46.2 Å². The van der Waals surface area contributed by atoms with Gasteiger partial charge in [-0.1, -0.05) is 13.8 Å². The minimum absolute atomic E-state index is 0.313. The third-order valence-electron chi connectivity index (χ3n) is 2.42. The highest BCUT2D eigenvalue weighted by Crippen LogP contribution is 2.21. The Labute approximate surface area is 112 Å². The largest absolute Gasteiger partial charge is 0.254 e. The second kappa shape index (κ2) is 5.71. The first-order valence-corrected chi connectivity index (χ1v) is 7.84. The maximum absolute atomic E-state index is 12.8. The molecule has 1 atom stereocenters. The summed E-state index contributed by atoms with van der Waals surface area (Å²) >= 11 is 1.59. The van der Waals surface area contributed by atoms with E-state index in [0.29, 0.717) is 16.6 Å². The molecule has 0 aliphatic heterocycles. The summed E-state index contributed by atoms with van der Waals surface area (Å²) in [6, 6.07) is 5.77. The Morgan fingerprint density at radius 1 is 1.33 bits per heavy atom. The Morgan fingerprint density at radius 2 is 2.00 bits per heavy atom. The van der Waals surface area contributed by atoms with Gasteiger partial charge in [0, 0.05) is 16.2 Å². The molecule has 1 aromatic carbocycles. The molecule has 96 valence electrons. The molecule has 2 rings (SSSR count). The molecule has 0 fully saturated rings. The van der Waals surface area contributed by atoms with Crippen molar-refractivity contribution in [2.24, 2.45) is 0 Å². The average Bonchev–Trinajstić information content (AvgIpc) is 2.78. The fourth-order valence-corrected chi connectivity index (χ4v) is 3.42. The molecule has 0 saturated carbocycles. The van der Waals surface area contributed by atoms with Crippen molar-refractivity contribution in [3.63, 3.8) is 0 Å². The Bertz CT molecular complexity index is 548. The minimum atomic E-state index is -1.17. The van der Waals surface area contributed by atoms with Crippen molar-refractivity contribution in [2.75, 3.05) is 0 Å². The number of aromatic nitrogens is 1. The van der Waals surface area contributed by atoms with Crippen LogP contribution in [-0.2, 0) is 16.6 Å². The van der Waals surface area contributed by atoms with E-state index in [2.05, 4.69) is 18.8 Å². The van der Waals surface area contributed by atoms with Gasteiger partial charge in [-0.15, -0.1) is 11.3 Å². The zero-order valence-corrected chi connectivity index (χ0v) is 11.9. The van der Waals surface area contributed by atoms with E-state index in [1.165, 1.54) is 12.1 Å². The lowest BCUT2D eigenvalue weighted by atomic mass is 10.2. The van der Waals surface area contributed by atoms with Crippen LogP contribution in [0.3, 0.4) is 0 Å². The van der Waals surface area contributed by atoms with Crippen molar-refractivity contribution in [3.8, 4) is 0 Å². The van der Waals surface area contributed by atoms with Crippen LogP contribution in [-0.4, -0.2) is 9.19 Å². The summed E-state index contributed by atoms with van der Waals surface area (Å²) in [5.74, 6) is 0.462. The first-order chi connectivity index (χ1) is 8.56. The standard InChI is InChI=1S/C13H14FNOS2/c1-9(2)13-15-11(7-17-13)8-18(16)12-5-3-10(14)4-6-12/h3-7,9H,8H2,1-2H3. The van der Waals surface area contributed by atoms with Gasteiger partial charge in [0.2, 0.25) is 0 Å². The predicted molar refractivity (Wildman–Crippen MR) is 72.7 cm³/mol. The molecule has 0 saturated heterocycles. The van der Waals surface area contributed by atoms with Crippen molar-refractivity contribution in [1.82, 2.24) is 4.98 Å². The smallest absolute Gasteiger partial charge is 0.123 e. The van der Waals surface area contributed by atoms with E-state index in [1.807, 2.05) is 5.38 Å². The topological polar surface area (TPSA) is 30.0 Å². The molecule has 1 unspecified atom stereocenters. The highest BCUT2D eigenvalue weighted by Gasteiger charge is 2.10. The Hall–Kier alpha value is -1.07. The van der Waals surface area contributed by atoms with Crippen molar-refractivity contribution >= 4 is 22.1 Å². The minimum Gasteiger partial charge on any atom is -0.254 e. The molecule has 1 heterocycles. The van der Waals surface area contributed by atoms with Crippen LogP contribution in [0.15, 0.2) is 34.5 Å². The van der Waals surface area contributed by atoms with Crippen LogP contribution in [0, 0.1) is 5.82 Å². The Kier molecular flexibility index (Phi) is 4.24. The number of benzene rings is 1. The van der Waals surface area contributed by atoms with E-state index < -0.39 is 10.8 Å². The second-order valence-corrected chi connectivity index (χ2v) is 6.62. The van der Waals surface area contributed by atoms with E-state index in [4.69, 9.17) is 0 Å². The molecule has 0 bridgehead atoms. The van der Waals surface area contributed by atoms with Gasteiger partial charge in [0.25, 0.3) is 0 Å². The third kappa shape index (κ3) is 3.23. The highest BCUT2D eigenvalue weighted by molar-refractivity contribution is 7.84. The predicted octanol–water partition coefficient (Wildman–Crippen LogP) is 3.71. The van der Waals surface area contributed by atoms with E-state index in [0.717, 1.165) is 10.7 Å². The lowest BCUT2D eigenvalue weighted by Gasteiger charge is -2.00. The Balaban J connectivity index is 2.08. The number of hydrogen-bond donors (Lipinski definition) is 0. The number of thiazole rings is 1. The van der Waals surface area contributed by atoms with Crippen LogP contribution < -0.4 is 0 Å². The molecule has 5 heteroatoms. The van der Waals surface area contributed by atoms with Crippen LogP contribution in [0.25, 0.3) is 0 Å². The molecule has 0 radical (unpaired) electrons. The second-order valence-electron chi connectivity index (χ2n) is 4.28. The highest BCUT2D eigenvalue weighted by atomic mass is 32.2. The maximum Gasteiger partial charge on any atom is 0.123 e. The van der Waals surface area contributed by atoms with Crippen molar-refractivity contribution in [2.45, 2.75) is 30.4 Å². The zero-order valence-electron chi connectivity index (χ0n) is 10.2. The van der Waals surface area contributed by atoms with E-state index in [-0.39, 0.29) is 5.82 Å². The van der Waals surface area contributed by atoms with Crippen LogP contribution in [0.4, 0.5) is 4.39 Å². The molecule has 0 spiro atoms. The molecule has 1 aromatic heterocycles. The molecule has 0 aliphatic carbocycles. The van der Waals surface area contributed by atoms with E-state index in [9.17, 15) is 8.60 Å². The molecule has 18 heavy (non-hydrogen) atoms. The van der Waals surface area contributed by atoms with E-state index in [1.54, 1.807) is 23.5 Å². The van der Waals surface area contributed by atoms with Gasteiger partial charge in [-0.3, -0.25) is 4.21 Å². The van der Waals surface area contributed by atoms with Gasteiger partial charge in [0.1, 0.15) is 5.82 Å². The Morgan fingerprint density at radius 3 is 2.56 bits per heavy atom. The summed E-state index contributed by atoms with van der Waals surface area (Å²) in [6.07, 6.45) is 0. The van der Waals surface area contributed by atoms with Gasteiger partial charge in [0.05, 0.1) is 27.3 Å². The SMILES string of the molecule is CC(C)c1nc(CS(=O)c2ccc(F)cc2)cs1. The number of halogens is 1. The fraction of sp³-hybridized carbons (Fsp3) is 0.308. The number of rotatable bonds is 4. The molecular formula is C13H14FNOS2. The summed E-state index contributed by atoms with van der Waals surface area (Å²) in [4.78, 5) is 5.08. The normalized spacial score (nSPS) is 12.9. The van der Waals surface area contributed by atoms with Gasteiger partial charge in [-0.25, -0.2) is 9.37 Å². The molecular weight excluding hydrogens is 269 g/mol. The summed E-state index contributed by atoms with van der Waals surface area (Å²) in [5, 5.41) is 3.00. The fourth-order valence-electron chi connectivity index (χ4n) is 1.46. The molecule has 0 N–H and O–H groups in total. The van der Waals surface area contributed by atoms with Gasteiger partial charge in [-0.05, 0) is 24.3 Å². The first kappa shape index (κ1) is 13.4. The molecule has 2 nitrogen and oxygen atoms in total. The van der Waals surface area contributed by atoms with Crippen molar-refractivity contribution in [1.29, 1.82) is 0 Å². The quantitative estimate of drug-likeness (QED) is 0.856. The van der Waals surface area contributed by atoms with Gasteiger partial charge in [-0.2, -0.15) is 0 Å². The van der Waals surface area contributed by atoms with Gasteiger partial charge in [0.15, 0.2) is 0 Å². The lowest BCUT2D eigenvalue weighted by molar-refractivity contribution is 0.626. The van der Waals surface area contributed by atoms with Gasteiger partial charge < -0.3 is 0 Å².